The van der Waals surface area contributed by atoms with E-state index in [0.717, 1.165) is 24.2 Å². The van der Waals surface area contributed by atoms with Crippen molar-refractivity contribution >= 4 is 5.91 Å². The summed E-state index contributed by atoms with van der Waals surface area (Å²) in [4.78, 5) is 12.0. The monoisotopic (exact) mass is 242 g/mol. The van der Waals surface area contributed by atoms with E-state index in [1.54, 1.807) is 0 Å². The van der Waals surface area contributed by atoms with Gasteiger partial charge in [0, 0.05) is 12.1 Å². The zero-order chi connectivity index (χ0) is 13.0. The highest BCUT2D eigenvalue weighted by Crippen LogP contribution is 2.08. The van der Waals surface area contributed by atoms with Crippen molar-refractivity contribution in [1.29, 1.82) is 0 Å². The molecule has 0 radical (unpaired) electrons. The van der Waals surface area contributed by atoms with E-state index in [9.17, 15) is 4.79 Å². The molecule has 1 aromatic carbocycles. The minimum absolute atomic E-state index is 0.0801. The van der Waals surface area contributed by atoms with Gasteiger partial charge in [0.1, 0.15) is 0 Å². The van der Waals surface area contributed by atoms with Gasteiger partial charge in [-0.3, -0.25) is 4.79 Å². The Bertz CT molecular complexity index is 529. The molecule has 0 aliphatic rings. The first-order valence-corrected chi connectivity index (χ1v) is 6.27. The Balaban J connectivity index is 1.87. The van der Waals surface area contributed by atoms with Crippen LogP contribution >= 0.6 is 0 Å². The number of rotatable bonds is 4. The van der Waals surface area contributed by atoms with E-state index in [1.165, 1.54) is 10.2 Å². The summed E-state index contributed by atoms with van der Waals surface area (Å²) in [5.74, 6) is 0.0801. The smallest absolute Gasteiger partial charge is 0.247 e. The lowest BCUT2D eigenvalue weighted by Gasteiger charge is -2.03. The molecule has 2 aromatic rings. The summed E-state index contributed by atoms with van der Waals surface area (Å²) in [7, 11) is 0. The van der Waals surface area contributed by atoms with Gasteiger partial charge in [0.25, 0.3) is 0 Å². The largest absolute Gasteiger partial charge is 0.273 e. The molecule has 3 nitrogen and oxygen atoms in total. The maximum atomic E-state index is 12.0. The second-order valence-corrected chi connectivity index (χ2v) is 4.57. The van der Waals surface area contributed by atoms with Gasteiger partial charge < -0.3 is 0 Å². The second-order valence-electron chi connectivity index (χ2n) is 4.57. The van der Waals surface area contributed by atoms with Gasteiger partial charge in [0.05, 0.1) is 5.69 Å². The van der Waals surface area contributed by atoms with Gasteiger partial charge in [0.2, 0.25) is 5.91 Å². The third-order valence-corrected chi connectivity index (χ3v) is 2.94. The van der Waals surface area contributed by atoms with E-state index >= 15 is 0 Å². The van der Waals surface area contributed by atoms with Crippen LogP contribution in [-0.2, 0) is 6.42 Å². The maximum absolute atomic E-state index is 12.0. The number of carbonyl (C=O) groups is 1. The van der Waals surface area contributed by atoms with Crippen LogP contribution < -0.4 is 0 Å². The molecular weight excluding hydrogens is 224 g/mol. The highest BCUT2D eigenvalue weighted by atomic mass is 16.2. The van der Waals surface area contributed by atoms with Gasteiger partial charge in [-0.15, -0.1) is 0 Å². The Hall–Kier alpha value is -1.90. The van der Waals surface area contributed by atoms with Crippen molar-refractivity contribution in [2.75, 3.05) is 0 Å². The molecule has 0 N–H and O–H groups in total. The summed E-state index contributed by atoms with van der Waals surface area (Å²) in [6, 6.07) is 12.2. The number of aryl methyl sites for hydroxylation is 3. The summed E-state index contributed by atoms with van der Waals surface area (Å²) < 4.78 is 1.51. The topological polar surface area (TPSA) is 34.9 Å². The fraction of sp³-hybridized carbons (Fsp3) is 0.333. The molecule has 2 rings (SSSR count). The predicted molar refractivity (Wildman–Crippen MR) is 71.7 cm³/mol. The van der Waals surface area contributed by atoms with Gasteiger partial charge in [0.15, 0.2) is 0 Å². The van der Waals surface area contributed by atoms with Crippen molar-refractivity contribution in [2.24, 2.45) is 0 Å². The van der Waals surface area contributed by atoms with Crippen LogP contribution in [-0.4, -0.2) is 15.7 Å². The predicted octanol–water partition coefficient (Wildman–Crippen LogP) is 3.16. The van der Waals surface area contributed by atoms with Gasteiger partial charge in [-0.25, -0.2) is 4.68 Å². The fourth-order valence-corrected chi connectivity index (χ4v) is 2.08. The van der Waals surface area contributed by atoms with Gasteiger partial charge in [-0.2, -0.15) is 5.10 Å². The van der Waals surface area contributed by atoms with Crippen LogP contribution in [0.15, 0.2) is 36.4 Å². The SMILES string of the molecule is Cc1cc(C)n(C(=O)CCCc2ccccc2)n1. The molecule has 94 valence electrons. The molecule has 0 spiro atoms. The number of benzene rings is 1. The third-order valence-electron chi connectivity index (χ3n) is 2.94. The second kappa shape index (κ2) is 5.63. The summed E-state index contributed by atoms with van der Waals surface area (Å²) in [6.45, 7) is 3.82. The molecule has 1 heterocycles. The third kappa shape index (κ3) is 3.06. The minimum Gasteiger partial charge on any atom is -0.273 e. The molecule has 0 amide bonds. The zero-order valence-electron chi connectivity index (χ0n) is 10.9. The Kier molecular flexibility index (Phi) is 3.92. The molecule has 3 heteroatoms. The molecule has 0 saturated carbocycles. The molecule has 18 heavy (non-hydrogen) atoms. The quantitative estimate of drug-likeness (QED) is 0.825. The van der Waals surface area contributed by atoms with Crippen molar-refractivity contribution in [3.05, 3.63) is 53.3 Å². The van der Waals surface area contributed by atoms with Crippen LogP contribution in [0.1, 0.15) is 34.6 Å². The van der Waals surface area contributed by atoms with E-state index < -0.39 is 0 Å². The van der Waals surface area contributed by atoms with Gasteiger partial charge in [-0.05, 0) is 38.3 Å². The van der Waals surface area contributed by atoms with Crippen LogP contribution in [0.25, 0.3) is 0 Å². The average molecular weight is 242 g/mol. The Morgan fingerprint density at radius 3 is 2.56 bits per heavy atom. The van der Waals surface area contributed by atoms with E-state index in [1.807, 2.05) is 38.1 Å². The van der Waals surface area contributed by atoms with Crippen molar-refractivity contribution in [3.8, 4) is 0 Å². The first kappa shape index (κ1) is 12.6. The summed E-state index contributed by atoms with van der Waals surface area (Å²) >= 11 is 0. The average Bonchev–Trinajstić information content (AvgIpc) is 2.70. The van der Waals surface area contributed by atoms with Crippen molar-refractivity contribution in [2.45, 2.75) is 33.1 Å². The number of hydrogen-bond donors (Lipinski definition) is 0. The van der Waals surface area contributed by atoms with Crippen LogP contribution in [0.4, 0.5) is 0 Å². The van der Waals surface area contributed by atoms with E-state index in [-0.39, 0.29) is 5.91 Å². The van der Waals surface area contributed by atoms with Crippen LogP contribution in [0, 0.1) is 13.8 Å². The highest BCUT2D eigenvalue weighted by molar-refractivity contribution is 5.78. The van der Waals surface area contributed by atoms with E-state index in [4.69, 9.17) is 0 Å². The number of nitrogens with zero attached hydrogens (tertiary/aromatic N) is 2. The highest BCUT2D eigenvalue weighted by Gasteiger charge is 2.09. The molecule has 0 aliphatic heterocycles. The van der Waals surface area contributed by atoms with Crippen molar-refractivity contribution in [3.63, 3.8) is 0 Å². The lowest BCUT2D eigenvalue weighted by Crippen LogP contribution is -2.14. The lowest BCUT2D eigenvalue weighted by atomic mass is 10.1. The van der Waals surface area contributed by atoms with Crippen LogP contribution in [0.3, 0.4) is 0 Å². The molecule has 1 aromatic heterocycles. The van der Waals surface area contributed by atoms with Crippen molar-refractivity contribution < 1.29 is 4.79 Å². The van der Waals surface area contributed by atoms with Crippen LogP contribution in [0.5, 0.6) is 0 Å². The molecule has 0 bridgehead atoms. The lowest BCUT2D eigenvalue weighted by molar-refractivity contribution is 0.0881. The zero-order valence-corrected chi connectivity index (χ0v) is 10.9. The van der Waals surface area contributed by atoms with Gasteiger partial charge in [-0.1, -0.05) is 30.3 Å². The molecule has 0 aliphatic carbocycles. The molecule has 0 saturated heterocycles. The molecule has 0 unspecified atom stereocenters. The van der Waals surface area contributed by atoms with Crippen LogP contribution in [0.2, 0.25) is 0 Å². The first-order chi connectivity index (χ1) is 8.66. The number of aromatic nitrogens is 2. The maximum Gasteiger partial charge on any atom is 0.247 e. The Labute approximate surface area is 107 Å². The fourth-order valence-electron chi connectivity index (χ4n) is 2.08. The summed E-state index contributed by atoms with van der Waals surface area (Å²) in [5.41, 5.74) is 3.08. The van der Waals surface area contributed by atoms with Crippen molar-refractivity contribution in [1.82, 2.24) is 9.78 Å². The minimum atomic E-state index is 0.0801. The summed E-state index contributed by atoms with van der Waals surface area (Å²) in [6.07, 6.45) is 2.34. The first-order valence-electron chi connectivity index (χ1n) is 6.27. The molecule has 0 fully saturated rings. The van der Waals surface area contributed by atoms with E-state index in [0.29, 0.717) is 6.42 Å². The number of hydrogen-bond acceptors (Lipinski definition) is 2. The standard InChI is InChI=1S/C15H18N2O/c1-12-11-13(2)17(16-12)15(18)10-6-9-14-7-4-3-5-8-14/h3-5,7-8,11H,6,9-10H2,1-2H3. The molecular formula is C15H18N2O. The Morgan fingerprint density at radius 2 is 1.94 bits per heavy atom. The Morgan fingerprint density at radius 1 is 1.22 bits per heavy atom. The normalized spacial score (nSPS) is 10.6. The van der Waals surface area contributed by atoms with Gasteiger partial charge >= 0.3 is 0 Å². The summed E-state index contributed by atoms with van der Waals surface area (Å²) in [5, 5.41) is 4.20. The number of carbonyl (C=O) groups excluding carboxylic acids is 1. The van der Waals surface area contributed by atoms with E-state index in [2.05, 4.69) is 17.2 Å². The molecule has 0 atom stereocenters.